The van der Waals surface area contributed by atoms with Gasteiger partial charge in [-0.15, -0.1) is 0 Å². The maximum absolute atomic E-state index is 12.4. The zero-order valence-corrected chi connectivity index (χ0v) is 17.7. The second-order valence-electron chi connectivity index (χ2n) is 6.01. The molecule has 0 heterocycles. The molecule has 2 N–H and O–H groups in total. The molecular formula is C18H21IN2O4S. The highest BCUT2D eigenvalue weighted by molar-refractivity contribution is 14.1. The Kier molecular flexibility index (Phi) is 6.87. The van der Waals surface area contributed by atoms with Crippen molar-refractivity contribution >= 4 is 44.2 Å². The van der Waals surface area contributed by atoms with Crippen molar-refractivity contribution in [3.8, 4) is 5.75 Å². The van der Waals surface area contributed by atoms with Crippen LogP contribution in [0.5, 0.6) is 5.75 Å². The number of rotatable bonds is 7. The Balaban J connectivity index is 2.05. The van der Waals surface area contributed by atoms with Gasteiger partial charge in [-0.1, -0.05) is 0 Å². The van der Waals surface area contributed by atoms with E-state index < -0.39 is 16.1 Å². The predicted molar refractivity (Wildman–Crippen MR) is 110 cm³/mol. The number of anilines is 1. The van der Waals surface area contributed by atoms with Crippen LogP contribution in [0.25, 0.3) is 0 Å². The van der Waals surface area contributed by atoms with E-state index in [2.05, 4.69) is 32.6 Å². The van der Waals surface area contributed by atoms with Crippen molar-refractivity contribution in [3.63, 3.8) is 0 Å². The van der Waals surface area contributed by atoms with Gasteiger partial charge in [0.05, 0.1) is 4.90 Å². The van der Waals surface area contributed by atoms with Crippen LogP contribution in [0.3, 0.4) is 0 Å². The van der Waals surface area contributed by atoms with E-state index in [0.29, 0.717) is 11.4 Å². The number of ether oxygens (including phenoxy) is 1. The van der Waals surface area contributed by atoms with Crippen LogP contribution in [-0.4, -0.2) is 26.5 Å². The van der Waals surface area contributed by atoms with Crippen molar-refractivity contribution in [2.75, 3.05) is 4.72 Å². The Morgan fingerprint density at radius 3 is 2.12 bits per heavy atom. The van der Waals surface area contributed by atoms with Crippen LogP contribution < -0.4 is 14.8 Å². The molecule has 2 rings (SSSR count). The van der Waals surface area contributed by atoms with Gasteiger partial charge in [-0.3, -0.25) is 9.52 Å². The summed E-state index contributed by atoms with van der Waals surface area (Å²) in [5.74, 6) is 0.196. The fourth-order valence-electron chi connectivity index (χ4n) is 2.09. The van der Waals surface area contributed by atoms with E-state index >= 15 is 0 Å². The number of carbonyl (C=O) groups excluding carboxylic acids is 1. The van der Waals surface area contributed by atoms with Crippen molar-refractivity contribution in [2.45, 2.75) is 37.8 Å². The molecule has 0 aromatic heterocycles. The summed E-state index contributed by atoms with van der Waals surface area (Å²) >= 11 is 2.15. The maximum atomic E-state index is 12.4. The number of hydrogen-bond acceptors (Lipinski definition) is 4. The van der Waals surface area contributed by atoms with Gasteiger partial charge in [0.2, 0.25) is 0 Å². The SMILES string of the molecule is CC(C)NC(=O)[C@H](C)Oc1ccc(S(=O)(=O)Nc2ccc(I)cc2)cc1. The number of benzene rings is 2. The minimum atomic E-state index is -3.69. The smallest absolute Gasteiger partial charge is 0.261 e. The number of nitrogens with one attached hydrogen (secondary N) is 2. The molecular weight excluding hydrogens is 467 g/mol. The first-order valence-electron chi connectivity index (χ1n) is 8.03. The normalized spacial score (nSPS) is 12.5. The van der Waals surface area contributed by atoms with Crippen LogP contribution in [0.4, 0.5) is 5.69 Å². The van der Waals surface area contributed by atoms with Gasteiger partial charge >= 0.3 is 0 Å². The molecule has 0 spiro atoms. The van der Waals surface area contributed by atoms with Crippen molar-refractivity contribution < 1.29 is 17.9 Å². The highest BCUT2D eigenvalue weighted by Crippen LogP contribution is 2.20. The average Bonchev–Trinajstić information content (AvgIpc) is 2.56. The van der Waals surface area contributed by atoms with Crippen molar-refractivity contribution in [1.29, 1.82) is 0 Å². The molecule has 0 aliphatic heterocycles. The van der Waals surface area contributed by atoms with Crippen LogP contribution in [0, 0.1) is 3.57 Å². The first-order chi connectivity index (χ1) is 12.2. The fourth-order valence-corrected chi connectivity index (χ4v) is 3.51. The van der Waals surface area contributed by atoms with Crippen molar-refractivity contribution in [3.05, 3.63) is 52.1 Å². The largest absolute Gasteiger partial charge is 0.481 e. The van der Waals surface area contributed by atoms with E-state index in [0.717, 1.165) is 3.57 Å². The Hall–Kier alpha value is -1.81. The standard InChI is InChI=1S/C18H21IN2O4S/c1-12(2)20-18(22)13(3)25-16-8-10-17(11-9-16)26(23,24)21-15-6-4-14(19)5-7-15/h4-13,21H,1-3H3,(H,20,22)/t13-/m0/s1. The van der Waals surface area contributed by atoms with Gasteiger partial charge in [-0.25, -0.2) is 8.42 Å². The van der Waals surface area contributed by atoms with Crippen LogP contribution in [0.2, 0.25) is 0 Å². The minimum absolute atomic E-state index is 0.0217. The number of sulfonamides is 1. The fraction of sp³-hybridized carbons (Fsp3) is 0.278. The number of halogens is 1. The lowest BCUT2D eigenvalue weighted by Gasteiger charge is -2.16. The second-order valence-corrected chi connectivity index (χ2v) is 8.94. The molecule has 0 radical (unpaired) electrons. The van der Waals surface area contributed by atoms with Gasteiger partial charge in [-0.2, -0.15) is 0 Å². The van der Waals surface area contributed by atoms with Crippen molar-refractivity contribution in [1.82, 2.24) is 5.32 Å². The first kappa shape index (κ1) is 20.5. The van der Waals surface area contributed by atoms with Gasteiger partial charge in [0.25, 0.3) is 15.9 Å². The van der Waals surface area contributed by atoms with E-state index in [1.807, 2.05) is 26.0 Å². The molecule has 0 saturated carbocycles. The van der Waals surface area contributed by atoms with Crippen LogP contribution in [0.15, 0.2) is 53.4 Å². The lowest BCUT2D eigenvalue weighted by molar-refractivity contribution is -0.127. The predicted octanol–water partition coefficient (Wildman–Crippen LogP) is 3.38. The molecule has 26 heavy (non-hydrogen) atoms. The lowest BCUT2D eigenvalue weighted by Crippen LogP contribution is -2.40. The summed E-state index contributed by atoms with van der Waals surface area (Å²) < 4.78 is 34.0. The van der Waals surface area contributed by atoms with E-state index in [-0.39, 0.29) is 16.8 Å². The van der Waals surface area contributed by atoms with E-state index in [1.54, 1.807) is 19.1 Å². The molecule has 0 saturated heterocycles. The average molecular weight is 488 g/mol. The molecule has 1 atom stereocenters. The lowest BCUT2D eigenvalue weighted by atomic mass is 10.3. The second kappa shape index (κ2) is 8.72. The summed E-state index contributed by atoms with van der Waals surface area (Å²) in [5.41, 5.74) is 0.490. The molecule has 2 aromatic carbocycles. The molecule has 0 bridgehead atoms. The third kappa shape index (κ3) is 5.87. The maximum Gasteiger partial charge on any atom is 0.261 e. The number of carbonyl (C=O) groups is 1. The summed E-state index contributed by atoms with van der Waals surface area (Å²) in [5, 5.41) is 2.76. The van der Waals surface area contributed by atoms with Crippen molar-refractivity contribution in [2.24, 2.45) is 0 Å². The molecule has 2 aromatic rings. The Bertz CT molecular complexity index is 850. The van der Waals surface area contributed by atoms with E-state index in [1.165, 1.54) is 24.3 Å². The Labute approximate surface area is 167 Å². The van der Waals surface area contributed by atoms with E-state index in [4.69, 9.17) is 4.74 Å². The third-order valence-electron chi connectivity index (χ3n) is 3.34. The van der Waals surface area contributed by atoms with Gasteiger partial charge in [-0.05, 0) is 91.9 Å². The molecule has 0 aliphatic rings. The summed E-state index contributed by atoms with van der Waals surface area (Å²) in [6.07, 6.45) is -0.676. The Morgan fingerprint density at radius 1 is 1.00 bits per heavy atom. The number of amides is 1. The number of hydrogen-bond donors (Lipinski definition) is 2. The van der Waals surface area contributed by atoms with Gasteiger partial charge in [0.15, 0.2) is 6.10 Å². The van der Waals surface area contributed by atoms with Crippen LogP contribution >= 0.6 is 22.6 Å². The monoisotopic (exact) mass is 488 g/mol. The zero-order valence-electron chi connectivity index (χ0n) is 14.7. The van der Waals surface area contributed by atoms with Crippen LogP contribution in [-0.2, 0) is 14.8 Å². The molecule has 1 amide bonds. The molecule has 0 unspecified atom stereocenters. The third-order valence-corrected chi connectivity index (χ3v) is 5.46. The summed E-state index contributed by atoms with van der Waals surface area (Å²) in [6.45, 7) is 5.37. The quantitative estimate of drug-likeness (QED) is 0.586. The first-order valence-corrected chi connectivity index (χ1v) is 10.6. The molecule has 8 heteroatoms. The van der Waals surface area contributed by atoms with Gasteiger partial charge in [0, 0.05) is 15.3 Å². The topological polar surface area (TPSA) is 84.5 Å². The highest BCUT2D eigenvalue weighted by Gasteiger charge is 2.17. The molecule has 0 aliphatic carbocycles. The molecule has 6 nitrogen and oxygen atoms in total. The van der Waals surface area contributed by atoms with Crippen LogP contribution in [0.1, 0.15) is 20.8 Å². The Morgan fingerprint density at radius 2 is 1.58 bits per heavy atom. The van der Waals surface area contributed by atoms with Gasteiger partial charge < -0.3 is 10.1 Å². The van der Waals surface area contributed by atoms with E-state index in [9.17, 15) is 13.2 Å². The summed E-state index contributed by atoms with van der Waals surface area (Å²) in [4.78, 5) is 12.0. The van der Waals surface area contributed by atoms with Gasteiger partial charge in [0.1, 0.15) is 5.75 Å². The summed E-state index contributed by atoms with van der Waals surface area (Å²) in [6, 6.07) is 13.0. The highest BCUT2D eigenvalue weighted by atomic mass is 127. The molecule has 0 fully saturated rings. The summed E-state index contributed by atoms with van der Waals surface area (Å²) in [7, 11) is -3.69. The minimum Gasteiger partial charge on any atom is -0.481 e. The molecule has 140 valence electrons. The zero-order chi connectivity index (χ0) is 19.3.